The van der Waals surface area contributed by atoms with Gasteiger partial charge in [-0.3, -0.25) is 4.21 Å². The van der Waals surface area contributed by atoms with Gasteiger partial charge >= 0.3 is 0 Å². The molecule has 5 nitrogen and oxygen atoms in total. The normalized spacial score (nSPS) is 24.6. The molecule has 1 fully saturated rings. The average molecular weight is 330 g/mol. The molecule has 3 N–H and O–H groups in total. The van der Waals surface area contributed by atoms with E-state index in [1.807, 2.05) is 6.92 Å². The van der Waals surface area contributed by atoms with Gasteiger partial charge in [-0.15, -0.1) is 0 Å². The van der Waals surface area contributed by atoms with Gasteiger partial charge in [-0.25, -0.2) is 13.1 Å². The van der Waals surface area contributed by atoms with Crippen molar-refractivity contribution in [3.63, 3.8) is 0 Å². The van der Waals surface area contributed by atoms with E-state index in [0.717, 1.165) is 25.7 Å². The summed E-state index contributed by atoms with van der Waals surface area (Å²) >= 11 is 0. The first-order valence-electron chi connectivity index (χ1n) is 7.19. The highest BCUT2D eigenvalue weighted by Crippen LogP contribution is 2.25. The first kappa shape index (κ1) is 16.5. The maximum Gasteiger partial charge on any atom is 0.240 e. The van der Waals surface area contributed by atoms with Crippen LogP contribution in [0.4, 0.5) is 5.69 Å². The van der Waals surface area contributed by atoms with Crippen molar-refractivity contribution in [1.82, 2.24) is 4.72 Å². The van der Waals surface area contributed by atoms with Crippen LogP contribution in [-0.4, -0.2) is 29.7 Å². The van der Waals surface area contributed by atoms with Crippen molar-refractivity contribution in [3.05, 3.63) is 24.3 Å². The number of benzene rings is 1. The van der Waals surface area contributed by atoms with Gasteiger partial charge in [0.15, 0.2) is 0 Å². The molecule has 118 valence electrons. The van der Waals surface area contributed by atoms with Gasteiger partial charge in [0.2, 0.25) is 10.0 Å². The van der Waals surface area contributed by atoms with Crippen molar-refractivity contribution >= 4 is 26.5 Å². The zero-order chi connectivity index (χ0) is 15.5. The Bertz CT molecular complexity index is 599. The van der Waals surface area contributed by atoms with Crippen LogP contribution in [0.2, 0.25) is 0 Å². The lowest BCUT2D eigenvalue weighted by Gasteiger charge is -2.31. The molecule has 0 radical (unpaired) electrons. The molecule has 0 spiro atoms. The van der Waals surface area contributed by atoms with Crippen LogP contribution in [0.1, 0.15) is 32.6 Å². The predicted octanol–water partition coefficient (Wildman–Crippen LogP) is 1.63. The van der Waals surface area contributed by atoms with Crippen LogP contribution < -0.4 is 10.5 Å². The summed E-state index contributed by atoms with van der Waals surface area (Å²) in [6.07, 6.45) is 3.53. The zero-order valence-corrected chi connectivity index (χ0v) is 13.8. The van der Waals surface area contributed by atoms with Gasteiger partial charge in [-0.2, -0.15) is 0 Å². The van der Waals surface area contributed by atoms with E-state index in [0.29, 0.717) is 11.4 Å². The summed E-state index contributed by atoms with van der Waals surface area (Å²) in [5.41, 5.74) is 6.10. The molecule has 0 aliphatic heterocycles. The van der Waals surface area contributed by atoms with Gasteiger partial charge in [-0.1, -0.05) is 19.8 Å². The van der Waals surface area contributed by atoms with Crippen LogP contribution in [0, 0.1) is 0 Å². The van der Waals surface area contributed by atoms with Crippen LogP contribution in [-0.2, 0) is 20.8 Å². The predicted molar refractivity (Wildman–Crippen MR) is 85.9 cm³/mol. The van der Waals surface area contributed by atoms with Gasteiger partial charge in [0, 0.05) is 28.3 Å². The van der Waals surface area contributed by atoms with Crippen LogP contribution in [0.3, 0.4) is 0 Å². The fourth-order valence-corrected chi connectivity index (χ4v) is 5.50. The summed E-state index contributed by atoms with van der Waals surface area (Å²) in [6.45, 7) is 1.87. The van der Waals surface area contributed by atoms with E-state index < -0.39 is 20.8 Å². The van der Waals surface area contributed by atoms with Crippen LogP contribution in [0.25, 0.3) is 0 Å². The molecule has 1 aromatic carbocycles. The molecular formula is C14H22N2O3S2. The molecule has 3 atom stereocenters. The summed E-state index contributed by atoms with van der Waals surface area (Å²) in [5.74, 6) is 0.560. The SMILES string of the molecule is CCS(=O)C1CCCCC1NS(=O)(=O)c1ccc(N)cc1. The van der Waals surface area contributed by atoms with E-state index in [1.165, 1.54) is 12.1 Å². The zero-order valence-electron chi connectivity index (χ0n) is 12.1. The second kappa shape index (κ2) is 6.89. The van der Waals surface area contributed by atoms with E-state index >= 15 is 0 Å². The van der Waals surface area contributed by atoms with E-state index in [2.05, 4.69) is 4.72 Å². The summed E-state index contributed by atoms with van der Waals surface area (Å²) in [5, 5.41) is -0.0905. The smallest absolute Gasteiger partial charge is 0.240 e. The molecule has 21 heavy (non-hydrogen) atoms. The maximum atomic E-state index is 12.4. The molecule has 7 heteroatoms. The third-order valence-corrected chi connectivity index (χ3v) is 7.14. The summed E-state index contributed by atoms with van der Waals surface area (Å²) in [7, 11) is -4.58. The number of sulfonamides is 1. The highest BCUT2D eigenvalue weighted by molar-refractivity contribution is 7.89. The third-order valence-electron chi connectivity index (χ3n) is 3.82. The van der Waals surface area contributed by atoms with Gasteiger partial charge in [-0.05, 0) is 37.1 Å². The monoisotopic (exact) mass is 330 g/mol. The molecule has 1 aromatic rings. The van der Waals surface area contributed by atoms with Gasteiger partial charge < -0.3 is 5.73 Å². The molecule has 0 amide bonds. The molecule has 1 aliphatic carbocycles. The summed E-state index contributed by atoms with van der Waals surface area (Å²) in [4.78, 5) is 0.198. The van der Waals surface area contributed by atoms with Gasteiger partial charge in [0.1, 0.15) is 0 Å². The standard InChI is InChI=1S/C14H22N2O3S2/c1-2-20(17)14-6-4-3-5-13(14)16-21(18,19)12-9-7-11(15)8-10-12/h7-10,13-14,16H,2-6,15H2,1H3. The van der Waals surface area contributed by atoms with Gasteiger partial charge in [0.05, 0.1) is 10.1 Å². The van der Waals surface area contributed by atoms with Crippen LogP contribution >= 0.6 is 0 Å². The second-order valence-corrected chi connectivity index (χ2v) is 8.95. The first-order valence-corrected chi connectivity index (χ1v) is 10.1. The fourth-order valence-electron chi connectivity index (χ4n) is 2.67. The number of nitrogen functional groups attached to an aromatic ring is 1. The van der Waals surface area contributed by atoms with Crippen LogP contribution in [0.15, 0.2) is 29.2 Å². The topological polar surface area (TPSA) is 89.3 Å². The number of hydrogen-bond acceptors (Lipinski definition) is 4. The van der Waals surface area contributed by atoms with Crippen molar-refractivity contribution in [2.45, 2.75) is 48.8 Å². The lowest BCUT2D eigenvalue weighted by atomic mass is 9.96. The van der Waals surface area contributed by atoms with Crippen LogP contribution in [0.5, 0.6) is 0 Å². The number of hydrogen-bond donors (Lipinski definition) is 2. The lowest BCUT2D eigenvalue weighted by molar-refractivity contribution is 0.416. The van der Waals surface area contributed by atoms with Gasteiger partial charge in [0.25, 0.3) is 0 Å². The highest BCUT2D eigenvalue weighted by Gasteiger charge is 2.32. The molecular weight excluding hydrogens is 308 g/mol. The Morgan fingerprint density at radius 1 is 1.24 bits per heavy atom. The molecule has 0 aromatic heterocycles. The Hall–Kier alpha value is -0.920. The summed E-state index contributed by atoms with van der Waals surface area (Å²) in [6, 6.07) is 5.87. The Labute approximate surface area is 128 Å². The quantitative estimate of drug-likeness (QED) is 0.803. The van der Waals surface area contributed by atoms with E-state index in [4.69, 9.17) is 5.73 Å². The maximum absolute atomic E-state index is 12.4. The van der Waals surface area contributed by atoms with E-state index in [1.54, 1.807) is 12.1 Å². The molecule has 0 saturated heterocycles. The second-order valence-electron chi connectivity index (χ2n) is 5.29. The minimum absolute atomic E-state index is 0.0905. The fraction of sp³-hybridized carbons (Fsp3) is 0.571. The average Bonchev–Trinajstić information content (AvgIpc) is 2.47. The van der Waals surface area contributed by atoms with E-state index in [-0.39, 0.29) is 16.2 Å². The minimum Gasteiger partial charge on any atom is -0.399 e. The Kier molecular flexibility index (Phi) is 5.40. The molecule has 0 heterocycles. The minimum atomic E-state index is -3.59. The number of nitrogens with two attached hydrogens (primary N) is 1. The number of anilines is 1. The molecule has 2 rings (SSSR count). The Balaban J connectivity index is 2.17. The number of rotatable bonds is 5. The van der Waals surface area contributed by atoms with Crippen molar-refractivity contribution < 1.29 is 12.6 Å². The van der Waals surface area contributed by atoms with Crippen molar-refractivity contribution in [1.29, 1.82) is 0 Å². The molecule has 3 unspecified atom stereocenters. The Morgan fingerprint density at radius 2 is 1.86 bits per heavy atom. The largest absolute Gasteiger partial charge is 0.399 e. The highest BCUT2D eigenvalue weighted by atomic mass is 32.2. The third kappa shape index (κ3) is 4.05. The summed E-state index contributed by atoms with van der Waals surface area (Å²) < 4.78 is 39.7. The lowest BCUT2D eigenvalue weighted by Crippen LogP contribution is -2.47. The first-order chi connectivity index (χ1) is 9.94. The molecule has 0 bridgehead atoms. The van der Waals surface area contributed by atoms with E-state index in [9.17, 15) is 12.6 Å². The molecule has 1 aliphatic rings. The number of nitrogens with one attached hydrogen (secondary N) is 1. The van der Waals surface area contributed by atoms with Crippen molar-refractivity contribution in [2.75, 3.05) is 11.5 Å². The Morgan fingerprint density at radius 3 is 2.48 bits per heavy atom. The van der Waals surface area contributed by atoms with Crippen molar-refractivity contribution in [3.8, 4) is 0 Å². The van der Waals surface area contributed by atoms with Crippen molar-refractivity contribution in [2.24, 2.45) is 0 Å². The molecule has 1 saturated carbocycles.